The fraction of sp³-hybridized carbons (Fsp3) is 0.167. The lowest BCUT2D eigenvalue weighted by Crippen LogP contribution is -2.44. The van der Waals surface area contributed by atoms with Crippen LogP contribution in [-0.2, 0) is 4.79 Å². The van der Waals surface area contributed by atoms with Gasteiger partial charge in [-0.1, -0.05) is 6.08 Å². The number of halogens is 2. The molecular formula is C12H12F2N2O2. The maximum absolute atomic E-state index is 12.9. The van der Waals surface area contributed by atoms with Crippen LogP contribution in [0.2, 0.25) is 0 Å². The highest BCUT2D eigenvalue weighted by molar-refractivity contribution is 5.97. The lowest BCUT2D eigenvalue weighted by Gasteiger charge is -2.13. The Bertz CT molecular complexity index is 489. The number of carbonyl (C=O) groups excluding carboxylic acids is 2. The third-order valence-corrected chi connectivity index (χ3v) is 2.23. The average Bonchev–Trinajstić information content (AvgIpc) is 2.31. The predicted octanol–water partition coefficient (Wildman–Crippen LogP) is 1.12. The number of benzene rings is 1. The fourth-order valence-electron chi connectivity index (χ4n) is 1.29. The van der Waals surface area contributed by atoms with Gasteiger partial charge in [-0.3, -0.25) is 9.59 Å². The molecule has 1 aromatic rings. The van der Waals surface area contributed by atoms with Crippen LogP contribution in [0.1, 0.15) is 16.8 Å². The number of amides is 2. The third kappa shape index (κ3) is 3.38. The Balaban J connectivity index is 2.83. The van der Waals surface area contributed by atoms with Gasteiger partial charge in [0.1, 0.15) is 6.04 Å². The molecule has 0 aliphatic rings. The molecule has 0 radical (unpaired) electrons. The summed E-state index contributed by atoms with van der Waals surface area (Å²) in [6.07, 6.45) is 1.58. The second-order valence-electron chi connectivity index (χ2n) is 3.58. The molecule has 0 heterocycles. The Morgan fingerprint density at radius 1 is 1.39 bits per heavy atom. The molecule has 0 aliphatic heterocycles. The van der Waals surface area contributed by atoms with Crippen LogP contribution in [0, 0.1) is 11.6 Å². The van der Waals surface area contributed by atoms with E-state index in [9.17, 15) is 18.4 Å². The molecule has 0 fully saturated rings. The molecular weight excluding hydrogens is 242 g/mol. The van der Waals surface area contributed by atoms with Crippen LogP contribution < -0.4 is 11.1 Å². The van der Waals surface area contributed by atoms with Crippen molar-refractivity contribution in [2.24, 2.45) is 5.73 Å². The number of carbonyl (C=O) groups is 2. The van der Waals surface area contributed by atoms with Crippen LogP contribution >= 0.6 is 0 Å². The molecule has 0 unspecified atom stereocenters. The molecule has 2 amide bonds. The smallest absolute Gasteiger partial charge is 0.252 e. The van der Waals surface area contributed by atoms with E-state index in [-0.39, 0.29) is 12.0 Å². The molecule has 0 aliphatic carbocycles. The maximum Gasteiger partial charge on any atom is 0.252 e. The molecule has 0 saturated carbocycles. The van der Waals surface area contributed by atoms with Gasteiger partial charge in [-0.15, -0.1) is 6.58 Å². The normalized spacial score (nSPS) is 11.7. The Hall–Kier alpha value is -2.24. The van der Waals surface area contributed by atoms with Crippen molar-refractivity contribution in [1.29, 1.82) is 0 Å². The summed E-state index contributed by atoms with van der Waals surface area (Å²) in [4.78, 5) is 22.7. The monoisotopic (exact) mass is 254 g/mol. The van der Waals surface area contributed by atoms with E-state index in [0.717, 1.165) is 18.2 Å². The first-order valence-corrected chi connectivity index (χ1v) is 5.12. The summed E-state index contributed by atoms with van der Waals surface area (Å²) in [6, 6.07) is 1.76. The second kappa shape index (κ2) is 5.90. The zero-order chi connectivity index (χ0) is 13.7. The minimum Gasteiger partial charge on any atom is -0.368 e. The topological polar surface area (TPSA) is 72.2 Å². The number of rotatable bonds is 5. The quantitative estimate of drug-likeness (QED) is 0.773. The standard InChI is InChI=1S/C12H12F2N2O2/c1-2-3-10(11(15)17)16-12(18)7-4-5-8(13)9(14)6-7/h2,4-6,10H,1,3H2,(H2,15,17)(H,16,18)/t10-/m0/s1. The number of primary amides is 1. The lowest BCUT2D eigenvalue weighted by atomic mass is 10.1. The van der Waals surface area contributed by atoms with Gasteiger partial charge in [0.15, 0.2) is 11.6 Å². The van der Waals surface area contributed by atoms with Crippen molar-refractivity contribution in [2.45, 2.75) is 12.5 Å². The minimum atomic E-state index is -1.14. The summed E-state index contributed by atoms with van der Waals surface area (Å²) in [5.74, 6) is -3.63. The van der Waals surface area contributed by atoms with Crippen molar-refractivity contribution in [3.05, 3.63) is 48.1 Å². The van der Waals surface area contributed by atoms with Gasteiger partial charge in [0.05, 0.1) is 0 Å². The summed E-state index contributed by atoms with van der Waals surface area (Å²) in [6.45, 7) is 3.42. The fourth-order valence-corrected chi connectivity index (χ4v) is 1.29. The molecule has 1 aromatic carbocycles. The van der Waals surface area contributed by atoms with Crippen molar-refractivity contribution in [3.8, 4) is 0 Å². The first kappa shape index (κ1) is 13.8. The van der Waals surface area contributed by atoms with Crippen LogP contribution in [-0.4, -0.2) is 17.9 Å². The first-order chi connectivity index (χ1) is 8.45. The third-order valence-electron chi connectivity index (χ3n) is 2.23. The van der Waals surface area contributed by atoms with Crippen LogP contribution in [0.15, 0.2) is 30.9 Å². The van der Waals surface area contributed by atoms with Crippen molar-refractivity contribution in [3.63, 3.8) is 0 Å². The Morgan fingerprint density at radius 2 is 2.06 bits per heavy atom. The molecule has 18 heavy (non-hydrogen) atoms. The van der Waals surface area contributed by atoms with E-state index in [1.165, 1.54) is 6.08 Å². The van der Waals surface area contributed by atoms with Crippen molar-refractivity contribution in [2.75, 3.05) is 0 Å². The summed E-state index contributed by atoms with van der Waals surface area (Å²) in [5, 5.41) is 2.31. The highest BCUT2D eigenvalue weighted by atomic mass is 19.2. The van der Waals surface area contributed by atoms with E-state index in [1.807, 2.05) is 0 Å². The van der Waals surface area contributed by atoms with Crippen LogP contribution in [0.25, 0.3) is 0 Å². The van der Waals surface area contributed by atoms with Crippen LogP contribution in [0.4, 0.5) is 8.78 Å². The minimum absolute atomic E-state index is 0.0933. The molecule has 0 spiro atoms. The predicted molar refractivity (Wildman–Crippen MR) is 61.6 cm³/mol. The Kier molecular flexibility index (Phi) is 4.53. The van der Waals surface area contributed by atoms with Crippen molar-refractivity contribution < 1.29 is 18.4 Å². The molecule has 1 rings (SSSR count). The average molecular weight is 254 g/mol. The highest BCUT2D eigenvalue weighted by Gasteiger charge is 2.18. The van der Waals surface area contributed by atoms with Gasteiger partial charge in [0.2, 0.25) is 5.91 Å². The molecule has 1 atom stereocenters. The van der Waals surface area contributed by atoms with Gasteiger partial charge in [0.25, 0.3) is 5.91 Å². The van der Waals surface area contributed by atoms with Gasteiger partial charge >= 0.3 is 0 Å². The first-order valence-electron chi connectivity index (χ1n) is 5.12. The van der Waals surface area contributed by atoms with Gasteiger partial charge in [0, 0.05) is 5.56 Å². The van der Waals surface area contributed by atoms with Gasteiger partial charge < -0.3 is 11.1 Å². The largest absolute Gasteiger partial charge is 0.368 e. The van der Waals surface area contributed by atoms with Gasteiger partial charge in [-0.25, -0.2) is 8.78 Å². The number of hydrogen-bond acceptors (Lipinski definition) is 2. The van der Waals surface area contributed by atoms with E-state index in [1.54, 1.807) is 0 Å². The molecule has 4 nitrogen and oxygen atoms in total. The molecule has 3 N–H and O–H groups in total. The number of nitrogens with two attached hydrogens (primary N) is 1. The SMILES string of the molecule is C=CC[C@H](NC(=O)c1ccc(F)c(F)c1)C(N)=O. The van der Waals surface area contributed by atoms with Crippen LogP contribution in [0.5, 0.6) is 0 Å². The van der Waals surface area contributed by atoms with Crippen molar-refractivity contribution >= 4 is 11.8 Å². The molecule has 0 aromatic heterocycles. The van der Waals surface area contributed by atoms with Gasteiger partial charge in [-0.2, -0.15) is 0 Å². The van der Waals surface area contributed by atoms with E-state index in [4.69, 9.17) is 5.73 Å². The Labute approximate surface area is 102 Å². The molecule has 0 saturated heterocycles. The lowest BCUT2D eigenvalue weighted by molar-refractivity contribution is -0.119. The summed E-state index contributed by atoms with van der Waals surface area (Å²) in [5.41, 5.74) is 4.97. The summed E-state index contributed by atoms with van der Waals surface area (Å²) >= 11 is 0. The second-order valence-corrected chi connectivity index (χ2v) is 3.58. The summed E-state index contributed by atoms with van der Waals surface area (Å²) in [7, 11) is 0. The Morgan fingerprint density at radius 3 is 2.56 bits per heavy atom. The molecule has 96 valence electrons. The number of hydrogen-bond donors (Lipinski definition) is 2. The highest BCUT2D eigenvalue weighted by Crippen LogP contribution is 2.09. The van der Waals surface area contributed by atoms with E-state index < -0.39 is 29.5 Å². The van der Waals surface area contributed by atoms with E-state index >= 15 is 0 Å². The molecule has 6 heteroatoms. The van der Waals surface area contributed by atoms with Crippen molar-refractivity contribution in [1.82, 2.24) is 5.32 Å². The zero-order valence-electron chi connectivity index (χ0n) is 9.45. The molecule has 0 bridgehead atoms. The summed E-state index contributed by atoms with van der Waals surface area (Å²) < 4.78 is 25.6. The van der Waals surface area contributed by atoms with E-state index in [2.05, 4.69) is 11.9 Å². The maximum atomic E-state index is 12.9. The van der Waals surface area contributed by atoms with E-state index in [0.29, 0.717) is 0 Å². The zero-order valence-corrected chi connectivity index (χ0v) is 9.45. The van der Waals surface area contributed by atoms with Crippen LogP contribution in [0.3, 0.4) is 0 Å². The van der Waals surface area contributed by atoms with Gasteiger partial charge in [-0.05, 0) is 24.6 Å². The number of nitrogens with one attached hydrogen (secondary N) is 1.